The van der Waals surface area contributed by atoms with Crippen LogP contribution >= 0.6 is 0 Å². The first-order chi connectivity index (χ1) is 10.3. The zero-order chi connectivity index (χ0) is 14.7. The molecule has 2 heterocycles. The molecule has 0 saturated heterocycles. The Morgan fingerprint density at radius 3 is 2.81 bits per heavy atom. The number of aromatic nitrogens is 3. The highest BCUT2D eigenvalue weighted by Gasteiger charge is 2.14. The summed E-state index contributed by atoms with van der Waals surface area (Å²) in [6.45, 7) is 0. The van der Waals surface area contributed by atoms with Gasteiger partial charge in [0.25, 0.3) is 5.91 Å². The zero-order valence-electron chi connectivity index (χ0n) is 11.3. The Balaban J connectivity index is 2.03. The second-order valence-electron chi connectivity index (χ2n) is 4.26. The Morgan fingerprint density at radius 1 is 1.14 bits per heavy atom. The number of fused-ring (bicyclic) bond motifs is 1. The molecule has 0 radical (unpaired) electrons. The minimum Gasteiger partial charge on any atom is -0.494 e. The van der Waals surface area contributed by atoms with Crippen molar-refractivity contribution >= 4 is 22.6 Å². The number of methoxy groups -OCH3 is 1. The number of carbonyl (C=O) groups excluding carboxylic acids is 1. The smallest absolute Gasteiger partial charge is 0.257 e. The van der Waals surface area contributed by atoms with Crippen LogP contribution in [-0.2, 0) is 0 Å². The maximum atomic E-state index is 12.4. The first-order valence-corrected chi connectivity index (χ1v) is 6.28. The van der Waals surface area contributed by atoms with Crippen molar-refractivity contribution in [2.45, 2.75) is 0 Å². The molecule has 0 aliphatic carbocycles. The van der Waals surface area contributed by atoms with Crippen molar-refractivity contribution in [2.24, 2.45) is 0 Å². The van der Waals surface area contributed by atoms with Crippen LogP contribution in [0.15, 0.2) is 49.1 Å². The molecule has 1 amide bonds. The quantitative estimate of drug-likeness (QED) is 0.796. The highest BCUT2D eigenvalue weighted by Crippen LogP contribution is 2.26. The number of anilines is 1. The molecule has 0 atom stereocenters. The van der Waals surface area contributed by atoms with Crippen LogP contribution in [-0.4, -0.2) is 28.0 Å². The summed E-state index contributed by atoms with van der Waals surface area (Å²) >= 11 is 0. The summed E-state index contributed by atoms with van der Waals surface area (Å²) in [6, 6.07) is 8.68. The van der Waals surface area contributed by atoms with E-state index in [2.05, 4.69) is 20.3 Å². The first kappa shape index (κ1) is 13.0. The van der Waals surface area contributed by atoms with Crippen molar-refractivity contribution in [2.75, 3.05) is 12.4 Å². The fourth-order valence-electron chi connectivity index (χ4n) is 2.06. The summed E-state index contributed by atoms with van der Waals surface area (Å²) < 4.78 is 5.27. The number of benzene rings is 1. The SMILES string of the molecule is COc1ccc(C(=O)Nc2ccncn2)c2cccnc12. The molecule has 6 nitrogen and oxygen atoms in total. The number of nitrogens with one attached hydrogen (secondary N) is 1. The summed E-state index contributed by atoms with van der Waals surface area (Å²) in [5.74, 6) is 0.821. The number of amides is 1. The Morgan fingerprint density at radius 2 is 2.05 bits per heavy atom. The zero-order valence-corrected chi connectivity index (χ0v) is 11.3. The number of nitrogens with zero attached hydrogens (tertiary/aromatic N) is 3. The van der Waals surface area contributed by atoms with Crippen LogP contribution in [0.2, 0.25) is 0 Å². The largest absolute Gasteiger partial charge is 0.494 e. The fraction of sp³-hybridized carbons (Fsp3) is 0.0667. The molecule has 2 aromatic heterocycles. The molecule has 3 rings (SSSR count). The van der Waals surface area contributed by atoms with E-state index in [1.807, 2.05) is 6.07 Å². The van der Waals surface area contributed by atoms with E-state index in [0.29, 0.717) is 22.6 Å². The molecule has 1 aromatic carbocycles. The van der Waals surface area contributed by atoms with Gasteiger partial charge in [-0.3, -0.25) is 9.78 Å². The normalized spacial score (nSPS) is 10.3. The van der Waals surface area contributed by atoms with Gasteiger partial charge < -0.3 is 10.1 Å². The summed E-state index contributed by atoms with van der Waals surface area (Å²) in [6.07, 6.45) is 4.61. The second kappa shape index (κ2) is 5.54. The van der Waals surface area contributed by atoms with Crippen LogP contribution in [0.25, 0.3) is 10.9 Å². The van der Waals surface area contributed by atoms with Gasteiger partial charge in [-0.25, -0.2) is 9.97 Å². The average molecular weight is 280 g/mol. The van der Waals surface area contributed by atoms with Crippen LogP contribution in [0.3, 0.4) is 0 Å². The molecule has 0 unspecified atom stereocenters. The monoisotopic (exact) mass is 280 g/mol. The topological polar surface area (TPSA) is 77.0 Å². The summed E-state index contributed by atoms with van der Waals surface area (Å²) in [5, 5.41) is 3.45. The Kier molecular flexibility index (Phi) is 3.42. The molecule has 0 fully saturated rings. The third-order valence-corrected chi connectivity index (χ3v) is 3.02. The molecule has 0 aliphatic rings. The third-order valence-electron chi connectivity index (χ3n) is 3.02. The number of hydrogen-bond acceptors (Lipinski definition) is 5. The number of ether oxygens (including phenoxy) is 1. The van der Waals surface area contributed by atoms with Crippen molar-refractivity contribution in [1.82, 2.24) is 15.0 Å². The van der Waals surface area contributed by atoms with E-state index in [1.165, 1.54) is 6.33 Å². The lowest BCUT2D eigenvalue weighted by Gasteiger charge is -2.09. The third kappa shape index (κ3) is 2.51. The van der Waals surface area contributed by atoms with Crippen LogP contribution in [0.5, 0.6) is 5.75 Å². The van der Waals surface area contributed by atoms with E-state index in [9.17, 15) is 4.79 Å². The van der Waals surface area contributed by atoms with Crippen molar-refractivity contribution in [1.29, 1.82) is 0 Å². The van der Waals surface area contributed by atoms with Crippen LogP contribution in [0.4, 0.5) is 5.82 Å². The number of hydrogen-bond donors (Lipinski definition) is 1. The van der Waals surface area contributed by atoms with Crippen molar-refractivity contribution in [3.8, 4) is 5.75 Å². The van der Waals surface area contributed by atoms with E-state index < -0.39 is 0 Å². The van der Waals surface area contributed by atoms with Crippen LogP contribution < -0.4 is 10.1 Å². The maximum absolute atomic E-state index is 12.4. The van der Waals surface area contributed by atoms with Gasteiger partial charge in [-0.1, -0.05) is 6.07 Å². The minimum atomic E-state index is -0.255. The molecular weight excluding hydrogens is 268 g/mol. The molecule has 104 valence electrons. The molecule has 21 heavy (non-hydrogen) atoms. The van der Waals surface area contributed by atoms with E-state index in [4.69, 9.17) is 4.74 Å². The van der Waals surface area contributed by atoms with Crippen molar-refractivity contribution < 1.29 is 9.53 Å². The Labute approximate surface area is 120 Å². The molecular formula is C15H12N4O2. The average Bonchev–Trinajstić information content (AvgIpc) is 2.54. The van der Waals surface area contributed by atoms with Gasteiger partial charge in [0.2, 0.25) is 0 Å². The van der Waals surface area contributed by atoms with Crippen molar-refractivity contribution in [3.63, 3.8) is 0 Å². The molecule has 0 aliphatic heterocycles. The van der Waals surface area contributed by atoms with E-state index in [0.717, 1.165) is 5.39 Å². The summed E-state index contributed by atoms with van der Waals surface area (Å²) in [7, 11) is 1.57. The number of carbonyl (C=O) groups is 1. The van der Waals surface area contributed by atoms with Gasteiger partial charge in [-0.05, 0) is 24.3 Å². The summed E-state index contributed by atoms with van der Waals surface area (Å²) in [4.78, 5) is 24.4. The standard InChI is InChI=1S/C15H12N4O2/c1-21-12-5-4-11(10-3-2-7-17-14(10)12)15(20)19-13-6-8-16-9-18-13/h2-9H,1H3,(H,16,18,19,20). The van der Waals surface area contributed by atoms with Crippen molar-refractivity contribution in [3.05, 3.63) is 54.6 Å². The van der Waals surface area contributed by atoms with E-state index in [1.54, 1.807) is 43.8 Å². The van der Waals surface area contributed by atoms with Gasteiger partial charge in [0.15, 0.2) is 0 Å². The maximum Gasteiger partial charge on any atom is 0.257 e. The highest BCUT2D eigenvalue weighted by molar-refractivity contribution is 6.12. The molecule has 3 aromatic rings. The lowest BCUT2D eigenvalue weighted by Crippen LogP contribution is -2.13. The van der Waals surface area contributed by atoms with Gasteiger partial charge in [0.1, 0.15) is 23.4 Å². The lowest BCUT2D eigenvalue weighted by molar-refractivity contribution is 0.102. The van der Waals surface area contributed by atoms with Gasteiger partial charge in [0, 0.05) is 23.3 Å². The molecule has 1 N–H and O–H groups in total. The van der Waals surface area contributed by atoms with E-state index in [-0.39, 0.29) is 5.91 Å². The number of pyridine rings is 1. The van der Waals surface area contributed by atoms with Crippen LogP contribution in [0, 0.1) is 0 Å². The summed E-state index contributed by atoms with van der Waals surface area (Å²) in [5.41, 5.74) is 1.16. The molecule has 0 saturated carbocycles. The predicted molar refractivity (Wildman–Crippen MR) is 78.3 cm³/mol. The van der Waals surface area contributed by atoms with Gasteiger partial charge in [-0.15, -0.1) is 0 Å². The number of rotatable bonds is 3. The fourth-order valence-corrected chi connectivity index (χ4v) is 2.06. The molecule has 6 heteroatoms. The second-order valence-corrected chi connectivity index (χ2v) is 4.26. The predicted octanol–water partition coefficient (Wildman–Crippen LogP) is 2.29. The Bertz CT molecular complexity index is 790. The molecule has 0 bridgehead atoms. The van der Waals surface area contributed by atoms with E-state index >= 15 is 0 Å². The van der Waals surface area contributed by atoms with Gasteiger partial charge >= 0.3 is 0 Å². The van der Waals surface area contributed by atoms with Gasteiger partial charge in [0.05, 0.1) is 7.11 Å². The first-order valence-electron chi connectivity index (χ1n) is 6.28. The lowest BCUT2D eigenvalue weighted by atomic mass is 10.1. The highest BCUT2D eigenvalue weighted by atomic mass is 16.5. The molecule has 0 spiro atoms. The Hall–Kier alpha value is -3.02. The minimum absolute atomic E-state index is 0.255. The van der Waals surface area contributed by atoms with Crippen LogP contribution in [0.1, 0.15) is 10.4 Å². The van der Waals surface area contributed by atoms with Gasteiger partial charge in [-0.2, -0.15) is 0 Å².